The lowest BCUT2D eigenvalue weighted by Gasteiger charge is -2.22. The number of primary sulfonamides is 1. The van der Waals surface area contributed by atoms with Crippen LogP contribution in [0.1, 0.15) is 10.8 Å². The van der Waals surface area contributed by atoms with Gasteiger partial charge in [0, 0.05) is 0 Å². The highest BCUT2D eigenvalue weighted by molar-refractivity contribution is 7.89. The third-order valence-electron chi connectivity index (χ3n) is 2.49. The molecule has 0 spiro atoms. The van der Waals surface area contributed by atoms with Crippen molar-refractivity contribution in [3.05, 3.63) is 23.8 Å². The predicted octanol–water partition coefficient (Wildman–Crippen LogP) is 1.35. The highest BCUT2D eigenvalue weighted by atomic mass is 32.2. The molecule has 0 aromatic heterocycles. The maximum atomic E-state index is 12.8. The molecule has 5 nitrogen and oxygen atoms in total. The van der Waals surface area contributed by atoms with E-state index in [2.05, 4.69) is 5.14 Å². The number of nitrogens with two attached hydrogens (primary N) is 1. The lowest BCUT2D eigenvalue weighted by molar-refractivity contribution is -0.131. The molecule has 1 aromatic rings. The number of sulfonamides is 1. The van der Waals surface area contributed by atoms with E-state index in [9.17, 15) is 21.6 Å². The number of rotatable bonds is 2. The first kappa shape index (κ1) is 13.9. The average molecular weight is 297 g/mol. The van der Waals surface area contributed by atoms with Gasteiger partial charge in [0.15, 0.2) is 16.7 Å². The van der Waals surface area contributed by atoms with Gasteiger partial charge in [-0.1, -0.05) is 6.07 Å². The molecule has 1 unspecified atom stereocenters. The summed E-state index contributed by atoms with van der Waals surface area (Å²) in [4.78, 5) is 0. The fraction of sp³-hybridized carbons (Fsp3) is 0.400. The van der Waals surface area contributed by atoms with Crippen LogP contribution in [0.3, 0.4) is 0 Å². The molecule has 0 bridgehead atoms. The molecule has 1 aromatic carbocycles. The Hall–Kier alpha value is -1.48. The van der Waals surface area contributed by atoms with Crippen LogP contribution in [0.25, 0.3) is 0 Å². The molecule has 19 heavy (non-hydrogen) atoms. The van der Waals surface area contributed by atoms with Gasteiger partial charge in [0.1, 0.15) is 13.2 Å². The number of benzene rings is 1. The predicted molar refractivity (Wildman–Crippen MR) is 59.3 cm³/mol. The second kappa shape index (κ2) is 4.57. The Bertz CT molecular complexity index is 585. The standard InChI is InChI=1S/C10H10F3NO4S/c11-10(12,13)9(19(14,15)16)6-1-2-7-8(5-6)18-4-3-17-7/h1-2,5,9H,3-4H2,(H2,14,15,16). The Morgan fingerprint density at radius 3 is 2.26 bits per heavy atom. The molecular weight excluding hydrogens is 287 g/mol. The Balaban J connectivity index is 2.49. The number of alkyl halides is 3. The summed E-state index contributed by atoms with van der Waals surface area (Å²) in [6.45, 7) is 0.465. The summed E-state index contributed by atoms with van der Waals surface area (Å²) >= 11 is 0. The van der Waals surface area contributed by atoms with Gasteiger partial charge in [0.2, 0.25) is 10.0 Å². The Kier molecular flexibility index (Phi) is 3.35. The number of hydrogen-bond acceptors (Lipinski definition) is 4. The number of ether oxygens (including phenoxy) is 2. The van der Waals surface area contributed by atoms with Crippen LogP contribution in [0.15, 0.2) is 18.2 Å². The van der Waals surface area contributed by atoms with Crippen LogP contribution >= 0.6 is 0 Å². The van der Waals surface area contributed by atoms with Gasteiger partial charge in [-0.2, -0.15) is 13.2 Å². The average Bonchev–Trinajstić information content (AvgIpc) is 2.25. The van der Waals surface area contributed by atoms with Crippen LogP contribution in [-0.2, 0) is 10.0 Å². The van der Waals surface area contributed by atoms with Gasteiger partial charge in [0.05, 0.1) is 0 Å². The Labute approximate surface area is 107 Å². The van der Waals surface area contributed by atoms with E-state index in [0.29, 0.717) is 0 Å². The van der Waals surface area contributed by atoms with Crippen molar-refractivity contribution in [2.24, 2.45) is 5.14 Å². The lowest BCUT2D eigenvalue weighted by Crippen LogP contribution is -2.33. The molecule has 2 rings (SSSR count). The number of hydrogen-bond donors (Lipinski definition) is 1. The SMILES string of the molecule is NS(=O)(=O)C(c1ccc2c(c1)OCCO2)C(F)(F)F. The maximum Gasteiger partial charge on any atom is 0.410 e. The largest absolute Gasteiger partial charge is 0.486 e. The molecule has 1 aliphatic rings. The molecule has 1 heterocycles. The maximum absolute atomic E-state index is 12.8. The molecule has 0 amide bonds. The summed E-state index contributed by atoms with van der Waals surface area (Å²) in [6, 6.07) is 3.22. The molecule has 0 radical (unpaired) electrons. The van der Waals surface area contributed by atoms with E-state index in [-0.39, 0.29) is 24.7 Å². The highest BCUT2D eigenvalue weighted by Gasteiger charge is 2.48. The quantitative estimate of drug-likeness (QED) is 0.893. The molecule has 2 N–H and O–H groups in total. The summed E-state index contributed by atoms with van der Waals surface area (Å²) in [5.41, 5.74) is -0.501. The number of fused-ring (bicyclic) bond motifs is 1. The molecule has 106 valence electrons. The van der Waals surface area contributed by atoms with E-state index >= 15 is 0 Å². The summed E-state index contributed by atoms with van der Waals surface area (Å²) in [7, 11) is -4.82. The minimum atomic E-state index is -5.00. The van der Waals surface area contributed by atoms with Crippen molar-refractivity contribution in [3.63, 3.8) is 0 Å². The van der Waals surface area contributed by atoms with E-state index in [0.717, 1.165) is 12.1 Å². The molecule has 0 fully saturated rings. The van der Waals surface area contributed by atoms with Crippen molar-refractivity contribution in [1.29, 1.82) is 0 Å². The smallest absolute Gasteiger partial charge is 0.410 e. The van der Waals surface area contributed by atoms with Crippen molar-refractivity contribution < 1.29 is 31.1 Å². The summed E-state index contributed by atoms with van der Waals surface area (Å²) in [6.07, 6.45) is -5.00. The van der Waals surface area contributed by atoms with Gasteiger partial charge in [-0.3, -0.25) is 0 Å². The van der Waals surface area contributed by atoms with Crippen molar-refractivity contribution >= 4 is 10.0 Å². The van der Waals surface area contributed by atoms with Gasteiger partial charge >= 0.3 is 6.18 Å². The molecule has 0 saturated carbocycles. The topological polar surface area (TPSA) is 78.6 Å². The van der Waals surface area contributed by atoms with E-state index in [1.807, 2.05) is 0 Å². The first-order valence-corrected chi connectivity index (χ1v) is 6.78. The summed E-state index contributed by atoms with van der Waals surface area (Å²) in [5, 5.41) is 1.87. The minimum Gasteiger partial charge on any atom is -0.486 e. The number of halogens is 3. The van der Waals surface area contributed by atoms with Crippen molar-refractivity contribution in [1.82, 2.24) is 0 Å². The van der Waals surface area contributed by atoms with Crippen LogP contribution in [0.5, 0.6) is 11.5 Å². The van der Waals surface area contributed by atoms with Gasteiger partial charge in [-0.15, -0.1) is 0 Å². The van der Waals surface area contributed by atoms with Crippen LogP contribution in [-0.4, -0.2) is 27.8 Å². The first-order chi connectivity index (χ1) is 8.69. The van der Waals surface area contributed by atoms with Crippen LogP contribution in [0.2, 0.25) is 0 Å². The Morgan fingerprint density at radius 2 is 1.74 bits per heavy atom. The fourth-order valence-electron chi connectivity index (χ4n) is 1.79. The zero-order valence-corrected chi connectivity index (χ0v) is 10.3. The van der Waals surface area contributed by atoms with Gasteiger partial charge in [0.25, 0.3) is 0 Å². The minimum absolute atomic E-state index is 0.0710. The Morgan fingerprint density at radius 1 is 1.16 bits per heavy atom. The van der Waals surface area contributed by atoms with Crippen LogP contribution in [0, 0.1) is 0 Å². The zero-order valence-electron chi connectivity index (χ0n) is 9.48. The first-order valence-electron chi connectivity index (χ1n) is 5.17. The second-order valence-electron chi connectivity index (χ2n) is 3.91. The van der Waals surface area contributed by atoms with E-state index in [1.54, 1.807) is 0 Å². The molecule has 9 heteroatoms. The highest BCUT2D eigenvalue weighted by Crippen LogP contribution is 2.41. The van der Waals surface area contributed by atoms with Crippen molar-refractivity contribution in [2.45, 2.75) is 11.4 Å². The van der Waals surface area contributed by atoms with Crippen molar-refractivity contribution in [2.75, 3.05) is 13.2 Å². The second-order valence-corrected chi connectivity index (χ2v) is 5.56. The van der Waals surface area contributed by atoms with E-state index in [1.165, 1.54) is 6.07 Å². The molecule has 0 aliphatic carbocycles. The summed E-state index contributed by atoms with van der Waals surface area (Å²) in [5.74, 6) is 0.340. The van der Waals surface area contributed by atoms with Gasteiger partial charge in [-0.05, 0) is 17.7 Å². The van der Waals surface area contributed by atoms with Crippen LogP contribution < -0.4 is 14.6 Å². The fourth-order valence-corrected chi connectivity index (χ4v) is 2.69. The van der Waals surface area contributed by atoms with E-state index < -0.39 is 27.0 Å². The zero-order chi connectivity index (χ0) is 14.3. The third-order valence-corrected chi connectivity index (χ3v) is 3.69. The van der Waals surface area contributed by atoms with E-state index in [4.69, 9.17) is 9.47 Å². The molecule has 1 aliphatic heterocycles. The third kappa shape index (κ3) is 2.92. The monoisotopic (exact) mass is 297 g/mol. The van der Waals surface area contributed by atoms with Gasteiger partial charge < -0.3 is 9.47 Å². The van der Waals surface area contributed by atoms with Crippen molar-refractivity contribution in [3.8, 4) is 11.5 Å². The molecule has 1 atom stereocenters. The van der Waals surface area contributed by atoms with Crippen LogP contribution in [0.4, 0.5) is 13.2 Å². The van der Waals surface area contributed by atoms with Gasteiger partial charge in [-0.25, -0.2) is 13.6 Å². The lowest BCUT2D eigenvalue weighted by atomic mass is 10.1. The summed E-state index contributed by atoms with van der Waals surface area (Å²) < 4.78 is 70.9. The normalized spacial score (nSPS) is 17.1. The molecule has 0 saturated heterocycles. The molecular formula is C10H10F3NO4S.